The molecule has 1 unspecified atom stereocenters. The Hall–Kier alpha value is -1.56. The van der Waals surface area contributed by atoms with Crippen LogP contribution in [-0.2, 0) is 0 Å². The van der Waals surface area contributed by atoms with Gasteiger partial charge in [0, 0.05) is 6.04 Å². The summed E-state index contributed by atoms with van der Waals surface area (Å²) in [4.78, 5) is 0. The maximum Gasteiger partial charge on any atom is 0.124 e. The molecule has 1 rings (SSSR count). The van der Waals surface area contributed by atoms with Crippen molar-refractivity contribution in [3.8, 4) is 6.07 Å². The summed E-state index contributed by atoms with van der Waals surface area (Å²) in [5.41, 5.74) is 1.11. The first kappa shape index (κ1) is 13.5. The third kappa shape index (κ3) is 4.07. The van der Waals surface area contributed by atoms with E-state index < -0.39 is 0 Å². The normalized spacial score (nSPS) is 11.9. The number of benzene rings is 1. The Labute approximate surface area is 102 Å². The number of nitrogens with one attached hydrogen (secondary N) is 1. The van der Waals surface area contributed by atoms with Crippen molar-refractivity contribution < 1.29 is 4.39 Å². The van der Waals surface area contributed by atoms with Crippen molar-refractivity contribution in [2.24, 2.45) is 0 Å². The molecule has 0 aliphatic heterocycles. The van der Waals surface area contributed by atoms with E-state index in [1.807, 2.05) is 6.07 Å². The van der Waals surface area contributed by atoms with Crippen LogP contribution >= 0.6 is 0 Å². The summed E-state index contributed by atoms with van der Waals surface area (Å²) in [6.07, 6.45) is 4.40. The number of rotatable bonds is 6. The lowest BCUT2D eigenvalue weighted by atomic mass is 10.1. The molecule has 0 saturated heterocycles. The monoisotopic (exact) mass is 234 g/mol. The number of halogens is 1. The van der Waals surface area contributed by atoms with Gasteiger partial charge in [-0.2, -0.15) is 5.26 Å². The Kier molecular flexibility index (Phi) is 5.48. The van der Waals surface area contributed by atoms with Gasteiger partial charge in [-0.3, -0.25) is 0 Å². The van der Waals surface area contributed by atoms with Gasteiger partial charge < -0.3 is 5.32 Å². The van der Waals surface area contributed by atoms with Gasteiger partial charge in [0.05, 0.1) is 11.3 Å². The van der Waals surface area contributed by atoms with Gasteiger partial charge in [-0.05, 0) is 31.0 Å². The molecule has 0 aliphatic rings. The second-order valence-electron chi connectivity index (χ2n) is 4.19. The molecule has 0 spiro atoms. The van der Waals surface area contributed by atoms with E-state index in [0.29, 0.717) is 11.6 Å². The average molecular weight is 234 g/mol. The highest BCUT2D eigenvalue weighted by Crippen LogP contribution is 2.19. The summed E-state index contributed by atoms with van der Waals surface area (Å²) in [6.45, 7) is 4.27. The molecule has 1 aromatic carbocycles. The molecular formula is C14H19FN2. The number of nitriles is 1. The van der Waals surface area contributed by atoms with Crippen molar-refractivity contribution >= 4 is 5.69 Å². The molecule has 0 saturated carbocycles. The molecule has 3 heteroatoms. The second-order valence-corrected chi connectivity index (χ2v) is 4.19. The number of nitrogens with zero attached hydrogens (tertiary/aromatic N) is 1. The van der Waals surface area contributed by atoms with Gasteiger partial charge in [-0.1, -0.05) is 26.7 Å². The van der Waals surface area contributed by atoms with E-state index in [1.54, 1.807) is 6.07 Å². The molecule has 1 N–H and O–H groups in total. The molecule has 17 heavy (non-hydrogen) atoms. The lowest BCUT2D eigenvalue weighted by Crippen LogP contribution is -2.18. The predicted octanol–water partition coefficient (Wildman–Crippen LogP) is 4.08. The molecular weight excluding hydrogens is 215 g/mol. The number of anilines is 1. The summed E-state index contributed by atoms with van der Waals surface area (Å²) in [6, 6.07) is 6.67. The zero-order chi connectivity index (χ0) is 12.7. The lowest BCUT2D eigenvalue weighted by molar-refractivity contribution is 0.592. The third-order valence-electron chi connectivity index (χ3n) is 2.86. The Bertz CT molecular complexity index is 396. The van der Waals surface area contributed by atoms with Gasteiger partial charge in [0.1, 0.15) is 11.9 Å². The van der Waals surface area contributed by atoms with Crippen LogP contribution in [-0.4, -0.2) is 6.04 Å². The largest absolute Gasteiger partial charge is 0.381 e. The van der Waals surface area contributed by atoms with Gasteiger partial charge in [0.2, 0.25) is 0 Å². The fourth-order valence-corrected chi connectivity index (χ4v) is 1.78. The van der Waals surface area contributed by atoms with Crippen LogP contribution in [0.25, 0.3) is 0 Å². The number of unbranched alkanes of at least 4 members (excludes halogenated alkanes) is 1. The van der Waals surface area contributed by atoms with E-state index in [1.165, 1.54) is 12.1 Å². The fourth-order valence-electron chi connectivity index (χ4n) is 1.78. The topological polar surface area (TPSA) is 35.8 Å². The van der Waals surface area contributed by atoms with Gasteiger partial charge >= 0.3 is 0 Å². The van der Waals surface area contributed by atoms with Crippen molar-refractivity contribution in [1.29, 1.82) is 5.26 Å². The van der Waals surface area contributed by atoms with Gasteiger partial charge in [0.15, 0.2) is 0 Å². The van der Waals surface area contributed by atoms with E-state index in [4.69, 9.17) is 5.26 Å². The van der Waals surface area contributed by atoms with Crippen molar-refractivity contribution in [2.75, 3.05) is 5.32 Å². The Morgan fingerprint density at radius 1 is 1.41 bits per heavy atom. The molecule has 0 bridgehead atoms. The molecule has 92 valence electrons. The quantitative estimate of drug-likeness (QED) is 0.805. The Balaban J connectivity index is 2.75. The van der Waals surface area contributed by atoms with Crippen molar-refractivity contribution in [2.45, 2.75) is 45.6 Å². The molecule has 0 aromatic heterocycles. The summed E-state index contributed by atoms with van der Waals surface area (Å²) in [7, 11) is 0. The van der Waals surface area contributed by atoms with Crippen LogP contribution in [0.2, 0.25) is 0 Å². The van der Waals surface area contributed by atoms with Crippen LogP contribution in [0.1, 0.15) is 45.1 Å². The van der Waals surface area contributed by atoms with E-state index in [-0.39, 0.29) is 5.82 Å². The van der Waals surface area contributed by atoms with Crippen LogP contribution in [0.4, 0.5) is 10.1 Å². The smallest absolute Gasteiger partial charge is 0.124 e. The molecule has 1 atom stereocenters. The highest BCUT2D eigenvalue weighted by Gasteiger charge is 2.09. The highest BCUT2D eigenvalue weighted by atomic mass is 19.1. The minimum Gasteiger partial charge on any atom is -0.381 e. The van der Waals surface area contributed by atoms with E-state index >= 15 is 0 Å². The molecule has 0 radical (unpaired) electrons. The van der Waals surface area contributed by atoms with Gasteiger partial charge in [0.25, 0.3) is 0 Å². The van der Waals surface area contributed by atoms with Crippen molar-refractivity contribution in [1.82, 2.24) is 0 Å². The number of hydrogen-bond acceptors (Lipinski definition) is 2. The van der Waals surface area contributed by atoms with Gasteiger partial charge in [-0.25, -0.2) is 4.39 Å². The van der Waals surface area contributed by atoms with Crippen LogP contribution in [0.15, 0.2) is 18.2 Å². The van der Waals surface area contributed by atoms with E-state index in [9.17, 15) is 4.39 Å². The van der Waals surface area contributed by atoms with Crippen LogP contribution in [0.5, 0.6) is 0 Å². The van der Waals surface area contributed by atoms with Crippen molar-refractivity contribution in [3.05, 3.63) is 29.6 Å². The first-order valence-corrected chi connectivity index (χ1v) is 6.17. The maximum absolute atomic E-state index is 13.0. The predicted molar refractivity (Wildman–Crippen MR) is 68.3 cm³/mol. The average Bonchev–Trinajstić information content (AvgIpc) is 2.35. The van der Waals surface area contributed by atoms with E-state index in [2.05, 4.69) is 19.2 Å². The standard InChI is InChI=1S/C14H19FN2/c1-3-5-6-13(4-2)17-14-8-7-12(15)9-11(14)10-16/h7-9,13,17H,3-6H2,1-2H3. The van der Waals surface area contributed by atoms with Crippen LogP contribution < -0.4 is 5.32 Å². The highest BCUT2D eigenvalue weighted by molar-refractivity contribution is 5.57. The minimum absolute atomic E-state index is 0.354. The summed E-state index contributed by atoms with van der Waals surface area (Å²) in [5.74, 6) is -0.367. The fraction of sp³-hybridized carbons (Fsp3) is 0.500. The molecule has 1 aromatic rings. The van der Waals surface area contributed by atoms with Crippen LogP contribution in [0.3, 0.4) is 0 Å². The SMILES string of the molecule is CCCCC(CC)Nc1ccc(F)cc1C#N. The molecule has 0 heterocycles. The summed E-state index contributed by atoms with van der Waals surface area (Å²) in [5, 5.41) is 12.3. The van der Waals surface area contributed by atoms with Crippen LogP contribution in [0, 0.1) is 17.1 Å². The van der Waals surface area contributed by atoms with Gasteiger partial charge in [-0.15, -0.1) is 0 Å². The molecule has 0 fully saturated rings. The molecule has 0 aliphatic carbocycles. The zero-order valence-corrected chi connectivity index (χ0v) is 10.5. The summed E-state index contributed by atoms with van der Waals surface area (Å²) >= 11 is 0. The third-order valence-corrected chi connectivity index (χ3v) is 2.86. The zero-order valence-electron chi connectivity index (χ0n) is 10.5. The maximum atomic E-state index is 13.0. The van der Waals surface area contributed by atoms with E-state index in [0.717, 1.165) is 31.4 Å². The minimum atomic E-state index is -0.367. The lowest BCUT2D eigenvalue weighted by Gasteiger charge is -2.18. The second kappa shape index (κ2) is 6.90. The molecule has 2 nitrogen and oxygen atoms in total. The van der Waals surface area contributed by atoms with Crippen molar-refractivity contribution in [3.63, 3.8) is 0 Å². The first-order valence-electron chi connectivity index (χ1n) is 6.17. The Morgan fingerprint density at radius 2 is 2.18 bits per heavy atom. The summed E-state index contributed by atoms with van der Waals surface area (Å²) < 4.78 is 13.0. The first-order chi connectivity index (χ1) is 8.21. The Morgan fingerprint density at radius 3 is 2.76 bits per heavy atom. The molecule has 0 amide bonds. The number of hydrogen-bond donors (Lipinski definition) is 1.